The maximum atomic E-state index is 13.7. The Labute approximate surface area is 137 Å². The van der Waals surface area contributed by atoms with E-state index in [-0.39, 0.29) is 21.6 Å². The average Bonchev–Trinajstić information content (AvgIpc) is 2.52. The molecule has 2 rings (SSSR count). The Bertz CT molecular complexity index is 950. The number of hydrogen-bond donors (Lipinski definition) is 1. The summed E-state index contributed by atoms with van der Waals surface area (Å²) in [7, 11) is -4.21. The number of aryl methyl sites for hydroxylation is 1. The van der Waals surface area contributed by atoms with Crippen LogP contribution in [0.3, 0.4) is 0 Å². The molecule has 0 aromatic heterocycles. The fourth-order valence-corrected chi connectivity index (χ4v) is 3.00. The molecular formula is C16H12F2N2O3S. The normalized spacial score (nSPS) is 10.9. The van der Waals surface area contributed by atoms with Crippen molar-refractivity contribution in [3.8, 4) is 6.07 Å². The molecule has 0 bridgehead atoms. The maximum absolute atomic E-state index is 13.7. The molecule has 8 heteroatoms. The number of nitrogens with zero attached hydrogens (tertiary/aromatic N) is 1. The molecular weight excluding hydrogens is 338 g/mol. The van der Waals surface area contributed by atoms with Gasteiger partial charge in [0.2, 0.25) is 5.91 Å². The van der Waals surface area contributed by atoms with Gasteiger partial charge in [-0.25, -0.2) is 21.9 Å². The minimum atomic E-state index is -4.21. The highest BCUT2D eigenvalue weighted by Gasteiger charge is 2.19. The first-order chi connectivity index (χ1) is 11.2. The number of carbonyl (C=O) groups excluding carboxylic acids is 1. The Morgan fingerprint density at radius 2 is 1.92 bits per heavy atom. The number of sulfonamides is 1. The zero-order valence-corrected chi connectivity index (χ0v) is 13.3. The second kappa shape index (κ2) is 6.76. The quantitative estimate of drug-likeness (QED) is 0.916. The van der Waals surface area contributed by atoms with Crippen molar-refractivity contribution in [3.63, 3.8) is 0 Å². The van der Waals surface area contributed by atoms with Crippen LogP contribution in [-0.4, -0.2) is 14.3 Å². The SMILES string of the molecule is Cc1cc(F)c(CC(=O)NS(=O)(=O)c2cccc(C#N)c2)cc1F. The highest BCUT2D eigenvalue weighted by Crippen LogP contribution is 2.16. The lowest BCUT2D eigenvalue weighted by atomic mass is 10.1. The van der Waals surface area contributed by atoms with Crippen molar-refractivity contribution in [3.05, 3.63) is 64.7 Å². The van der Waals surface area contributed by atoms with Crippen LogP contribution >= 0.6 is 0 Å². The van der Waals surface area contributed by atoms with E-state index in [2.05, 4.69) is 0 Å². The van der Waals surface area contributed by atoms with Crippen LogP contribution in [0.1, 0.15) is 16.7 Å². The van der Waals surface area contributed by atoms with Crippen molar-refractivity contribution in [2.45, 2.75) is 18.2 Å². The van der Waals surface area contributed by atoms with Crippen LogP contribution in [0.25, 0.3) is 0 Å². The number of halogens is 2. The van der Waals surface area contributed by atoms with Gasteiger partial charge in [-0.05, 0) is 42.8 Å². The molecule has 0 radical (unpaired) electrons. The van der Waals surface area contributed by atoms with Gasteiger partial charge in [0.15, 0.2) is 0 Å². The molecule has 0 spiro atoms. The number of nitrogens with one attached hydrogen (secondary N) is 1. The molecule has 1 amide bonds. The van der Waals surface area contributed by atoms with Crippen molar-refractivity contribution in [2.24, 2.45) is 0 Å². The molecule has 0 aliphatic heterocycles. The van der Waals surface area contributed by atoms with Crippen molar-refractivity contribution < 1.29 is 22.0 Å². The molecule has 0 unspecified atom stereocenters. The Morgan fingerprint density at radius 1 is 1.21 bits per heavy atom. The van der Waals surface area contributed by atoms with Gasteiger partial charge in [0.25, 0.3) is 10.0 Å². The van der Waals surface area contributed by atoms with Gasteiger partial charge in [-0.1, -0.05) is 6.07 Å². The van der Waals surface area contributed by atoms with E-state index in [9.17, 15) is 22.0 Å². The number of benzene rings is 2. The van der Waals surface area contributed by atoms with Crippen molar-refractivity contribution in [1.29, 1.82) is 5.26 Å². The van der Waals surface area contributed by atoms with Crippen LogP contribution in [-0.2, 0) is 21.2 Å². The molecule has 2 aromatic carbocycles. The molecule has 0 aliphatic carbocycles. The minimum Gasteiger partial charge on any atom is -0.274 e. The molecule has 24 heavy (non-hydrogen) atoms. The lowest BCUT2D eigenvalue weighted by molar-refractivity contribution is -0.118. The summed E-state index contributed by atoms with van der Waals surface area (Å²) in [6, 6.07) is 8.64. The summed E-state index contributed by atoms with van der Waals surface area (Å²) >= 11 is 0. The monoisotopic (exact) mass is 350 g/mol. The summed E-state index contributed by atoms with van der Waals surface area (Å²) in [6.45, 7) is 1.37. The topological polar surface area (TPSA) is 87.0 Å². The smallest absolute Gasteiger partial charge is 0.264 e. The van der Waals surface area contributed by atoms with Gasteiger partial charge in [-0.3, -0.25) is 4.79 Å². The third-order valence-electron chi connectivity index (χ3n) is 3.20. The first-order valence-electron chi connectivity index (χ1n) is 6.73. The number of carbonyl (C=O) groups is 1. The Kier molecular flexibility index (Phi) is 4.95. The number of nitriles is 1. The predicted molar refractivity (Wildman–Crippen MR) is 81.3 cm³/mol. The minimum absolute atomic E-state index is 0.0811. The van der Waals surface area contributed by atoms with E-state index in [0.29, 0.717) is 0 Å². The Balaban J connectivity index is 2.20. The molecule has 2 aromatic rings. The van der Waals surface area contributed by atoms with Gasteiger partial charge in [-0.15, -0.1) is 0 Å². The van der Waals surface area contributed by atoms with E-state index >= 15 is 0 Å². The first kappa shape index (κ1) is 17.6. The predicted octanol–water partition coefficient (Wildman–Crippen LogP) is 2.19. The zero-order chi connectivity index (χ0) is 17.9. The highest BCUT2D eigenvalue weighted by atomic mass is 32.2. The largest absolute Gasteiger partial charge is 0.274 e. The maximum Gasteiger partial charge on any atom is 0.264 e. The number of hydrogen-bond acceptors (Lipinski definition) is 4. The zero-order valence-electron chi connectivity index (χ0n) is 12.5. The van der Waals surface area contributed by atoms with Crippen LogP contribution in [0.2, 0.25) is 0 Å². The summed E-state index contributed by atoms with van der Waals surface area (Å²) < 4.78 is 53.1. The van der Waals surface area contributed by atoms with E-state index in [1.807, 2.05) is 0 Å². The van der Waals surface area contributed by atoms with E-state index in [4.69, 9.17) is 5.26 Å². The summed E-state index contributed by atoms with van der Waals surface area (Å²) in [5, 5.41) is 8.77. The van der Waals surface area contributed by atoms with E-state index in [1.165, 1.54) is 25.1 Å². The molecule has 0 saturated heterocycles. The number of amides is 1. The Morgan fingerprint density at radius 3 is 2.58 bits per heavy atom. The molecule has 124 valence electrons. The first-order valence-corrected chi connectivity index (χ1v) is 8.21. The third kappa shape index (κ3) is 3.94. The molecule has 0 fully saturated rings. The van der Waals surface area contributed by atoms with Gasteiger partial charge < -0.3 is 0 Å². The van der Waals surface area contributed by atoms with Gasteiger partial charge in [0.05, 0.1) is 22.9 Å². The van der Waals surface area contributed by atoms with Crippen molar-refractivity contribution in [2.75, 3.05) is 0 Å². The second-order valence-electron chi connectivity index (χ2n) is 5.04. The summed E-state index contributed by atoms with van der Waals surface area (Å²) in [4.78, 5) is 11.6. The molecule has 5 nitrogen and oxygen atoms in total. The second-order valence-corrected chi connectivity index (χ2v) is 6.72. The summed E-state index contributed by atoms with van der Waals surface area (Å²) in [5.74, 6) is -2.50. The van der Waals surface area contributed by atoms with Crippen LogP contribution in [0.15, 0.2) is 41.3 Å². The molecule has 0 saturated carbocycles. The van der Waals surface area contributed by atoms with Gasteiger partial charge >= 0.3 is 0 Å². The van der Waals surface area contributed by atoms with E-state index < -0.39 is 34.0 Å². The van der Waals surface area contributed by atoms with Crippen molar-refractivity contribution >= 4 is 15.9 Å². The Hall–Kier alpha value is -2.79. The summed E-state index contributed by atoms with van der Waals surface area (Å²) in [6.07, 6.45) is -0.639. The van der Waals surface area contributed by atoms with Crippen LogP contribution < -0.4 is 4.72 Å². The lowest BCUT2D eigenvalue weighted by Gasteiger charge is -2.08. The van der Waals surface area contributed by atoms with E-state index in [0.717, 1.165) is 18.2 Å². The lowest BCUT2D eigenvalue weighted by Crippen LogP contribution is -2.32. The third-order valence-corrected chi connectivity index (χ3v) is 4.57. The van der Waals surface area contributed by atoms with Crippen molar-refractivity contribution in [1.82, 2.24) is 4.72 Å². The number of rotatable bonds is 4. The molecule has 1 N–H and O–H groups in total. The van der Waals surface area contributed by atoms with Gasteiger partial charge in [-0.2, -0.15) is 5.26 Å². The van der Waals surface area contributed by atoms with Crippen LogP contribution in [0.4, 0.5) is 8.78 Å². The molecule has 0 aliphatic rings. The highest BCUT2D eigenvalue weighted by molar-refractivity contribution is 7.90. The fourth-order valence-electron chi connectivity index (χ4n) is 1.97. The average molecular weight is 350 g/mol. The standard InChI is InChI=1S/C16H12F2N2O3S/c1-10-5-15(18)12(7-14(10)17)8-16(21)20-24(22,23)13-4-2-3-11(6-13)9-19/h2-7H,8H2,1H3,(H,20,21). The van der Waals surface area contributed by atoms with Gasteiger partial charge in [0.1, 0.15) is 11.6 Å². The van der Waals surface area contributed by atoms with Crippen LogP contribution in [0, 0.1) is 29.9 Å². The van der Waals surface area contributed by atoms with Gasteiger partial charge in [0, 0.05) is 5.56 Å². The van der Waals surface area contributed by atoms with Crippen LogP contribution in [0.5, 0.6) is 0 Å². The summed E-state index contributed by atoms with van der Waals surface area (Å²) in [5.41, 5.74) is -0.0638. The van der Waals surface area contributed by atoms with E-state index in [1.54, 1.807) is 10.8 Å². The molecule has 0 heterocycles. The molecule has 0 atom stereocenters. The fraction of sp³-hybridized carbons (Fsp3) is 0.125.